The van der Waals surface area contributed by atoms with Gasteiger partial charge in [0, 0.05) is 29.3 Å². The van der Waals surface area contributed by atoms with E-state index in [-0.39, 0.29) is 40.4 Å². The number of rotatable bonds is 6. The molecular weight excluding hydrogens is 439 g/mol. The summed E-state index contributed by atoms with van der Waals surface area (Å²) in [6.45, 7) is 1.89. The van der Waals surface area contributed by atoms with Crippen LogP contribution in [0.1, 0.15) is 42.6 Å². The second-order valence-electron chi connectivity index (χ2n) is 7.63. The number of hydrogen-bond acceptors (Lipinski definition) is 5. The van der Waals surface area contributed by atoms with Gasteiger partial charge in [0.1, 0.15) is 11.5 Å². The van der Waals surface area contributed by atoms with Gasteiger partial charge in [-0.25, -0.2) is 9.37 Å². The summed E-state index contributed by atoms with van der Waals surface area (Å²) < 4.78 is 14.9. The number of nitrogens with two attached hydrogens (primary N) is 2. The van der Waals surface area contributed by atoms with Gasteiger partial charge < -0.3 is 16.8 Å². The van der Waals surface area contributed by atoms with Crippen molar-refractivity contribution in [3.05, 3.63) is 82.6 Å². The Hall–Kier alpha value is -4.60. The van der Waals surface area contributed by atoms with Crippen molar-refractivity contribution in [2.24, 2.45) is 11.5 Å². The topological polar surface area (TPSA) is 146 Å². The quantitative estimate of drug-likeness (QED) is 0.404. The van der Waals surface area contributed by atoms with Crippen molar-refractivity contribution in [1.29, 1.82) is 0 Å². The molecule has 0 bridgehead atoms. The summed E-state index contributed by atoms with van der Waals surface area (Å²) in [7, 11) is 1.43. The third kappa shape index (κ3) is 3.85. The van der Waals surface area contributed by atoms with Crippen molar-refractivity contribution in [2.75, 3.05) is 7.05 Å². The van der Waals surface area contributed by atoms with E-state index in [0.717, 1.165) is 5.56 Å². The zero-order valence-corrected chi connectivity index (χ0v) is 18.4. The van der Waals surface area contributed by atoms with Crippen LogP contribution in [-0.2, 0) is 6.54 Å². The Morgan fingerprint density at radius 3 is 2.26 bits per heavy atom. The van der Waals surface area contributed by atoms with Gasteiger partial charge in [0.25, 0.3) is 11.8 Å². The van der Waals surface area contributed by atoms with E-state index >= 15 is 0 Å². The number of para-hydroxylation sites is 1. The number of aromatic nitrogens is 3. The van der Waals surface area contributed by atoms with Crippen LogP contribution in [0.5, 0.6) is 0 Å². The van der Waals surface area contributed by atoms with E-state index < -0.39 is 17.7 Å². The minimum atomic E-state index is -0.892. The van der Waals surface area contributed by atoms with Crippen LogP contribution in [0.25, 0.3) is 22.0 Å². The molecule has 10 heteroatoms. The highest BCUT2D eigenvalue weighted by Crippen LogP contribution is 2.36. The number of fused-ring (bicyclic) bond motifs is 1. The molecule has 0 saturated carbocycles. The van der Waals surface area contributed by atoms with Gasteiger partial charge in [0.2, 0.25) is 5.91 Å². The Morgan fingerprint density at radius 2 is 1.65 bits per heavy atom. The first kappa shape index (κ1) is 22.6. The van der Waals surface area contributed by atoms with E-state index in [4.69, 9.17) is 11.5 Å². The molecule has 0 aliphatic carbocycles. The van der Waals surface area contributed by atoms with E-state index in [1.54, 1.807) is 43.3 Å². The molecule has 2 heterocycles. The maximum atomic E-state index is 13.3. The molecule has 0 unspecified atom stereocenters. The molecule has 5 N–H and O–H groups in total. The molecule has 34 heavy (non-hydrogen) atoms. The summed E-state index contributed by atoms with van der Waals surface area (Å²) in [6, 6.07) is 12.5. The number of pyridine rings is 1. The summed E-state index contributed by atoms with van der Waals surface area (Å²) in [6.07, 6.45) is 0. The highest BCUT2D eigenvalue weighted by molar-refractivity contribution is 6.17. The number of benzene rings is 2. The van der Waals surface area contributed by atoms with Crippen LogP contribution in [-0.4, -0.2) is 39.5 Å². The van der Waals surface area contributed by atoms with E-state index in [1.165, 1.54) is 23.9 Å². The predicted molar refractivity (Wildman–Crippen MR) is 124 cm³/mol. The molecule has 172 valence electrons. The Bertz CT molecular complexity index is 1460. The summed E-state index contributed by atoms with van der Waals surface area (Å²) in [5, 5.41) is 7.36. The van der Waals surface area contributed by atoms with Gasteiger partial charge in [-0.2, -0.15) is 5.10 Å². The molecule has 9 nitrogen and oxygen atoms in total. The Morgan fingerprint density at radius 1 is 0.971 bits per heavy atom. The first-order valence-electron chi connectivity index (χ1n) is 10.3. The van der Waals surface area contributed by atoms with Gasteiger partial charge in [-0.1, -0.05) is 30.3 Å². The summed E-state index contributed by atoms with van der Waals surface area (Å²) in [5.74, 6) is -2.64. The van der Waals surface area contributed by atoms with E-state index in [0.29, 0.717) is 16.6 Å². The number of halogens is 1. The van der Waals surface area contributed by atoms with Gasteiger partial charge in [-0.3, -0.25) is 19.1 Å². The molecule has 0 saturated heterocycles. The fraction of sp³-hybridized carbons (Fsp3) is 0.125. The van der Waals surface area contributed by atoms with E-state index in [1.807, 2.05) is 0 Å². The number of carbonyl (C=O) groups excluding carboxylic acids is 3. The Kier molecular flexibility index (Phi) is 5.80. The SMILES string of the molecule is CNC(=O)c1nn(Cc2ccc(F)cc2)c(C)c1-c1c(C(N)=O)nc2ccccc2c1C(N)=O. The van der Waals surface area contributed by atoms with E-state index in [9.17, 15) is 18.8 Å². The van der Waals surface area contributed by atoms with Crippen LogP contribution in [0, 0.1) is 12.7 Å². The third-order valence-corrected chi connectivity index (χ3v) is 5.52. The van der Waals surface area contributed by atoms with Crippen molar-refractivity contribution >= 4 is 28.6 Å². The van der Waals surface area contributed by atoms with Gasteiger partial charge in [0.05, 0.1) is 17.6 Å². The maximum Gasteiger partial charge on any atom is 0.272 e. The number of nitrogens with one attached hydrogen (secondary N) is 1. The van der Waals surface area contributed by atoms with Crippen LogP contribution >= 0.6 is 0 Å². The van der Waals surface area contributed by atoms with Gasteiger partial charge in [0.15, 0.2) is 5.69 Å². The lowest BCUT2D eigenvalue weighted by molar-refractivity contribution is 0.0953. The van der Waals surface area contributed by atoms with Crippen molar-refractivity contribution < 1.29 is 18.8 Å². The molecule has 4 aromatic rings. The monoisotopic (exact) mass is 460 g/mol. The molecule has 0 spiro atoms. The van der Waals surface area contributed by atoms with Crippen molar-refractivity contribution in [3.63, 3.8) is 0 Å². The zero-order chi connectivity index (χ0) is 24.6. The number of nitrogens with zero attached hydrogens (tertiary/aromatic N) is 3. The highest BCUT2D eigenvalue weighted by Gasteiger charge is 2.30. The van der Waals surface area contributed by atoms with Gasteiger partial charge >= 0.3 is 0 Å². The van der Waals surface area contributed by atoms with Crippen molar-refractivity contribution in [2.45, 2.75) is 13.5 Å². The first-order chi connectivity index (χ1) is 16.2. The third-order valence-electron chi connectivity index (χ3n) is 5.52. The molecule has 4 rings (SSSR count). The van der Waals surface area contributed by atoms with Crippen LogP contribution in [0.15, 0.2) is 48.5 Å². The van der Waals surface area contributed by atoms with Crippen molar-refractivity contribution in [3.8, 4) is 11.1 Å². The largest absolute Gasteiger partial charge is 0.366 e. The normalized spacial score (nSPS) is 10.9. The molecule has 0 fully saturated rings. The number of primary amides is 2. The minimum Gasteiger partial charge on any atom is -0.366 e. The predicted octanol–water partition coefficient (Wildman–Crippen LogP) is 2.15. The average Bonchev–Trinajstić information content (AvgIpc) is 3.13. The lowest BCUT2D eigenvalue weighted by Crippen LogP contribution is -2.23. The minimum absolute atomic E-state index is 0.00832. The summed E-state index contributed by atoms with van der Waals surface area (Å²) >= 11 is 0. The first-order valence-corrected chi connectivity index (χ1v) is 10.3. The number of amides is 3. The fourth-order valence-corrected chi connectivity index (χ4v) is 3.93. The lowest BCUT2D eigenvalue weighted by Gasteiger charge is -2.15. The Labute approximate surface area is 193 Å². The molecule has 0 aliphatic heterocycles. The second-order valence-corrected chi connectivity index (χ2v) is 7.63. The fourth-order valence-electron chi connectivity index (χ4n) is 3.93. The van der Waals surface area contributed by atoms with Crippen LogP contribution in [0.4, 0.5) is 4.39 Å². The zero-order valence-electron chi connectivity index (χ0n) is 18.4. The molecule has 3 amide bonds. The summed E-state index contributed by atoms with van der Waals surface area (Å²) in [4.78, 5) is 42.3. The van der Waals surface area contributed by atoms with Crippen molar-refractivity contribution in [1.82, 2.24) is 20.1 Å². The van der Waals surface area contributed by atoms with Gasteiger partial charge in [-0.05, 0) is 30.7 Å². The smallest absolute Gasteiger partial charge is 0.272 e. The van der Waals surface area contributed by atoms with Crippen LogP contribution in [0.2, 0.25) is 0 Å². The standard InChI is InChI=1S/C24H21FN6O3/c1-12-17(21(24(34)28-2)30-31(12)11-13-7-9-14(25)10-8-13)19-18(22(26)32)15-5-3-4-6-16(15)29-20(19)23(27)33/h3-10H,11H2,1-2H3,(H2,26,32)(H2,27,33)(H,28,34). The molecule has 0 atom stereocenters. The highest BCUT2D eigenvalue weighted by atomic mass is 19.1. The molecular formula is C24H21FN6O3. The maximum absolute atomic E-state index is 13.3. The molecule has 0 radical (unpaired) electrons. The summed E-state index contributed by atoms with van der Waals surface area (Å²) in [5.41, 5.74) is 13.0. The lowest BCUT2D eigenvalue weighted by atomic mass is 9.92. The average molecular weight is 460 g/mol. The second kappa shape index (κ2) is 8.74. The van der Waals surface area contributed by atoms with Crippen LogP contribution in [0.3, 0.4) is 0 Å². The molecule has 2 aromatic heterocycles. The number of hydrogen-bond donors (Lipinski definition) is 3. The molecule has 0 aliphatic rings. The van der Waals surface area contributed by atoms with E-state index in [2.05, 4.69) is 15.4 Å². The Balaban J connectivity index is 2.07. The van der Waals surface area contributed by atoms with Gasteiger partial charge in [-0.15, -0.1) is 0 Å². The molecule has 2 aromatic carbocycles. The number of carbonyl (C=O) groups is 3. The van der Waals surface area contributed by atoms with Crippen LogP contribution < -0.4 is 16.8 Å².